The Bertz CT molecular complexity index is 1170. The zero-order valence-corrected chi connectivity index (χ0v) is 25.5. The predicted molar refractivity (Wildman–Crippen MR) is 160 cm³/mol. The highest BCUT2D eigenvalue weighted by Gasteiger charge is 2.63. The van der Waals surface area contributed by atoms with Gasteiger partial charge in [-0.2, -0.15) is 0 Å². The first-order valence-corrected chi connectivity index (χ1v) is 15.7. The van der Waals surface area contributed by atoms with Crippen LogP contribution in [0.2, 0.25) is 0 Å². The summed E-state index contributed by atoms with van der Waals surface area (Å²) in [4.78, 5) is 32.4. The molecule has 0 heterocycles. The fourth-order valence-electron chi connectivity index (χ4n) is 9.73. The molecular weight excluding hydrogens is 536 g/mol. The molecule has 4 saturated carbocycles. The van der Waals surface area contributed by atoms with Crippen LogP contribution in [0.4, 0.5) is 5.69 Å². The van der Waals surface area contributed by atoms with Gasteiger partial charge in [-0.3, -0.25) is 14.4 Å². The molecule has 5 rings (SSSR count). The van der Waals surface area contributed by atoms with Crippen LogP contribution in [-0.2, 0) is 9.59 Å². The van der Waals surface area contributed by atoms with Crippen LogP contribution in [0.15, 0.2) is 18.2 Å². The number of hydrogen-bond acceptors (Lipinski definition) is 6. The SMILES string of the molecule is CC(=O)Nc1ccc(C(N)=O)c(O)c1.C[C@H](CCC(=O)O)[C@H]1CC[C@H]2[C@@H]3CC[C@@H]4C[C@H](O)CC[C@]4(C)[C@H]3C[C@H](O)[C@]12C. The second-order valence-corrected chi connectivity index (χ2v) is 14.1. The van der Waals surface area contributed by atoms with E-state index in [4.69, 9.17) is 10.8 Å². The summed E-state index contributed by atoms with van der Waals surface area (Å²) in [5.74, 6) is 1.34. The lowest BCUT2D eigenvalue weighted by atomic mass is 9.43. The number of benzene rings is 1. The fourth-order valence-corrected chi connectivity index (χ4v) is 9.73. The Labute approximate surface area is 249 Å². The Morgan fingerprint density at radius 1 is 1.05 bits per heavy atom. The first-order valence-electron chi connectivity index (χ1n) is 15.7. The molecule has 0 aliphatic heterocycles. The van der Waals surface area contributed by atoms with Gasteiger partial charge in [0.1, 0.15) is 5.75 Å². The third-order valence-electron chi connectivity index (χ3n) is 11.9. The van der Waals surface area contributed by atoms with Gasteiger partial charge in [-0.05, 0) is 116 Å². The highest BCUT2D eigenvalue weighted by Crippen LogP contribution is 2.68. The Kier molecular flexibility index (Phi) is 9.62. The highest BCUT2D eigenvalue weighted by atomic mass is 16.4. The Balaban J connectivity index is 0.000000244. The van der Waals surface area contributed by atoms with Gasteiger partial charge >= 0.3 is 5.97 Å². The number of rotatable bonds is 6. The zero-order valence-electron chi connectivity index (χ0n) is 25.5. The van der Waals surface area contributed by atoms with E-state index in [1.54, 1.807) is 0 Å². The van der Waals surface area contributed by atoms with Crippen molar-refractivity contribution >= 4 is 23.5 Å². The zero-order chi connectivity index (χ0) is 31.0. The molecule has 1 aromatic rings. The van der Waals surface area contributed by atoms with Crippen molar-refractivity contribution in [2.75, 3.05) is 5.32 Å². The number of aliphatic hydroxyl groups is 2. The van der Waals surface area contributed by atoms with Crippen molar-refractivity contribution in [1.29, 1.82) is 0 Å². The summed E-state index contributed by atoms with van der Waals surface area (Å²) in [5, 5.41) is 42.5. The third kappa shape index (κ3) is 6.18. The molecule has 4 fully saturated rings. The number of carboxylic acid groups (broad SMARTS) is 1. The first kappa shape index (κ1) is 32.3. The van der Waals surface area contributed by atoms with E-state index in [1.807, 2.05) is 0 Å². The fraction of sp³-hybridized carbons (Fsp3) is 0.727. The molecule has 0 spiro atoms. The molecule has 42 heavy (non-hydrogen) atoms. The number of hydrogen-bond donors (Lipinski definition) is 6. The normalized spacial score (nSPS) is 37.6. The molecule has 9 nitrogen and oxygen atoms in total. The second kappa shape index (κ2) is 12.5. The number of aliphatic hydroxyl groups excluding tert-OH is 2. The van der Waals surface area contributed by atoms with Crippen molar-refractivity contribution in [2.45, 2.75) is 104 Å². The van der Waals surface area contributed by atoms with Crippen molar-refractivity contribution < 1.29 is 34.8 Å². The molecular formula is C33H50N2O7. The molecule has 0 saturated heterocycles. The molecule has 4 aliphatic rings. The maximum absolute atomic E-state index is 11.5. The number of carboxylic acids is 1. The van der Waals surface area contributed by atoms with Crippen LogP contribution in [0, 0.1) is 46.3 Å². The van der Waals surface area contributed by atoms with E-state index in [1.165, 1.54) is 44.4 Å². The quantitative estimate of drug-likeness (QED) is 0.274. The van der Waals surface area contributed by atoms with Crippen molar-refractivity contribution in [1.82, 2.24) is 0 Å². The number of amides is 2. The number of anilines is 1. The molecule has 2 amide bonds. The van der Waals surface area contributed by atoms with E-state index in [9.17, 15) is 29.7 Å². The van der Waals surface area contributed by atoms with Gasteiger partial charge in [0.15, 0.2) is 0 Å². The van der Waals surface area contributed by atoms with Gasteiger partial charge in [0.25, 0.3) is 5.91 Å². The lowest BCUT2D eigenvalue weighted by Gasteiger charge is -2.62. The van der Waals surface area contributed by atoms with Crippen LogP contribution in [0.5, 0.6) is 5.75 Å². The summed E-state index contributed by atoms with van der Waals surface area (Å²) in [5.41, 5.74) is 5.64. The van der Waals surface area contributed by atoms with E-state index in [0.29, 0.717) is 41.2 Å². The number of carbonyl (C=O) groups is 3. The smallest absolute Gasteiger partial charge is 0.303 e. The molecule has 0 aromatic heterocycles. The van der Waals surface area contributed by atoms with Crippen LogP contribution >= 0.6 is 0 Å². The van der Waals surface area contributed by atoms with Crippen LogP contribution < -0.4 is 11.1 Å². The maximum Gasteiger partial charge on any atom is 0.303 e. The lowest BCUT2D eigenvalue weighted by Crippen LogP contribution is -2.58. The molecule has 0 unspecified atom stereocenters. The van der Waals surface area contributed by atoms with Crippen LogP contribution in [-0.4, -0.2) is 50.4 Å². The summed E-state index contributed by atoms with van der Waals surface area (Å²) in [6.45, 7) is 8.34. The molecule has 9 heteroatoms. The number of fused-ring (bicyclic) bond motifs is 5. The number of nitrogens with two attached hydrogens (primary N) is 1. The molecule has 4 aliphatic carbocycles. The average molecular weight is 587 g/mol. The van der Waals surface area contributed by atoms with E-state index in [2.05, 4.69) is 26.1 Å². The second-order valence-electron chi connectivity index (χ2n) is 14.1. The maximum atomic E-state index is 11.5. The van der Waals surface area contributed by atoms with Crippen LogP contribution in [0.25, 0.3) is 0 Å². The molecule has 7 N–H and O–H groups in total. The van der Waals surface area contributed by atoms with Gasteiger partial charge in [0, 0.05) is 25.1 Å². The Morgan fingerprint density at radius 3 is 2.38 bits per heavy atom. The minimum atomic E-state index is -0.711. The van der Waals surface area contributed by atoms with Gasteiger partial charge in [-0.25, -0.2) is 0 Å². The van der Waals surface area contributed by atoms with Gasteiger partial charge in [-0.1, -0.05) is 20.8 Å². The summed E-state index contributed by atoms with van der Waals surface area (Å²) in [7, 11) is 0. The lowest BCUT2D eigenvalue weighted by molar-refractivity contribution is -0.175. The highest BCUT2D eigenvalue weighted by molar-refractivity contribution is 5.97. The van der Waals surface area contributed by atoms with E-state index in [0.717, 1.165) is 38.5 Å². The number of carbonyl (C=O) groups excluding carboxylic acids is 2. The minimum absolute atomic E-state index is 0.0269. The number of phenols is 1. The standard InChI is InChI=1S/C24H40O4.C9H10N2O3/c1-14(4-9-22(27)28)18-7-8-19-17-6-5-15-12-16(25)10-11-23(15,2)20(17)13-21(26)24(18,19)3;1-5(12)11-6-2-3-7(9(10)14)8(13)4-6/h14-21,25-26H,4-13H2,1-3H3,(H,27,28);2-4,13H,1H3,(H2,10,14)(H,11,12)/t14-,15-,16-,17+,18-,19+,20+,21+,23+,24-;/m1./s1. The molecule has 10 atom stereocenters. The van der Waals surface area contributed by atoms with Gasteiger partial charge in [0.05, 0.1) is 17.8 Å². The summed E-state index contributed by atoms with van der Waals surface area (Å²) >= 11 is 0. The summed E-state index contributed by atoms with van der Waals surface area (Å²) in [6.07, 6.45) is 9.26. The van der Waals surface area contributed by atoms with Gasteiger partial charge in [-0.15, -0.1) is 0 Å². The summed E-state index contributed by atoms with van der Waals surface area (Å²) < 4.78 is 0. The third-order valence-corrected chi connectivity index (χ3v) is 11.9. The molecule has 0 radical (unpaired) electrons. The topological polar surface area (TPSA) is 170 Å². The monoisotopic (exact) mass is 586 g/mol. The van der Waals surface area contributed by atoms with Crippen molar-refractivity contribution in [3.63, 3.8) is 0 Å². The van der Waals surface area contributed by atoms with Gasteiger partial charge < -0.3 is 31.5 Å². The average Bonchev–Trinajstić information content (AvgIpc) is 3.27. The largest absolute Gasteiger partial charge is 0.507 e. The summed E-state index contributed by atoms with van der Waals surface area (Å²) in [6, 6.07) is 4.10. The molecule has 234 valence electrons. The van der Waals surface area contributed by atoms with E-state index in [-0.39, 0.29) is 46.7 Å². The first-order chi connectivity index (χ1) is 19.7. The number of aliphatic carboxylic acids is 1. The van der Waals surface area contributed by atoms with Crippen molar-refractivity contribution in [3.8, 4) is 5.75 Å². The van der Waals surface area contributed by atoms with Crippen molar-refractivity contribution in [2.24, 2.45) is 52.1 Å². The van der Waals surface area contributed by atoms with Crippen LogP contribution in [0.1, 0.15) is 102 Å². The minimum Gasteiger partial charge on any atom is -0.507 e. The molecule has 0 bridgehead atoms. The predicted octanol–water partition coefficient (Wildman–Crippen LogP) is 4.93. The van der Waals surface area contributed by atoms with Crippen LogP contribution in [0.3, 0.4) is 0 Å². The van der Waals surface area contributed by atoms with Gasteiger partial charge in [0.2, 0.25) is 5.91 Å². The number of primary amides is 1. The number of aromatic hydroxyl groups is 1. The van der Waals surface area contributed by atoms with E-state index < -0.39 is 11.9 Å². The Morgan fingerprint density at radius 2 is 1.76 bits per heavy atom. The Hall–Kier alpha value is -2.65. The molecule has 1 aromatic carbocycles. The number of nitrogens with one attached hydrogen (secondary N) is 1. The van der Waals surface area contributed by atoms with E-state index >= 15 is 0 Å². The van der Waals surface area contributed by atoms with Crippen molar-refractivity contribution in [3.05, 3.63) is 23.8 Å².